The number of anilines is 3. The average molecular weight is 438 g/mol. The van der Waals surface area contributed by atoms with Gasteiger partial charge in [0.05, 0.1) is 25.4 Å². The third kappa shape index (κ3) is 4.22. The average Bonchev–Trinajstić information content (AvgIpc) is 2.80. The molecule has 10 heteroatoms. The molecule has 10 nitrogen and oxygen atoms in total. The molecular weight excluding hydrogens is 412 g/mol. The van der Waals surface area contributed by atoms with E-state index in [1.54, 1.807) is 13.1 Å². The Bertz CT molecular complexity index is 1290. The molecule has 0 atom stereocenters. The van der Waals surface area contributed by atoms with E-state index < -0.39 is 11.2 Å². The first kappa shape index (κ1) is 21.6. The number of carbonyl (C=O) groups excluding carboxylic acids is 1. The Hall–Kier alpha value is -3.66. The number of aromatic nitrogens is 3. The van der Waals surface area contributed by atoms with Gasteiger partial charge in [0.2, 0.25) is 5.91 Å². The first-order valence-electron chi connectivity index (χ1n) is 10.4. The van der Waals surface area contributed by atoms with E-state index >= 15 is 0 Å². The molecule has 0 unspecified atom stereocenters. The topological polar surface area (TPSA) is 110 Å². The fourth-order valence-electron chi connectivity index (χ4n) is 3.74. The van der Waals surface area contributed by atoms with Crippen molar-refractivity contribution in [2.24, 2.45) is 14.1 Å². The van der Waals surface area contributed by atoms with Crippen LogP contribution in [0.4, 0.5) is 17.2 Å². The van der Waals surface area contributed by atoms with Crippen LogP contribution in [-0.4, -0.2) is 52.9 Å². The highest BCUT2D eigenvalue weighted by atomic mass is 16.5. The SMILES string of the molecule is Cc1cccc(NC(=O)CNc2cc(N3CCOCC3)nc3c2c(=O)n(C)c(=O)n3C)c1. The molecule has 1 aliphatic heterocycles. The van der Waals surface area contributed by atoms with Gasteiger partial charge in [0.15, 0.2) is 5.65 Å². The minimum atomic E-state index is -0.467. The van der Waals surface area contributed by atoms with Crippen molar-refractivity contribution in [3.8, 4) is 0 Å². The molecule has 2 N–H and O–H groups in total. The van der Waals surface area contributed by atoms with Crippen LogP contribution in [-0.2, 0) is 23.6 Å². The lowest BCUT2D eigenvalue weighted by Crippen LogP contribution is -2.39. The summed E-state index contributed by atoms with van der Waals surface area (Å²) in [4.78, 5) is 44.6. The number of hydrogen-bond donors (Lipinski definition) is 2. The number of rotatable bonds is 5. The van der Waals surface area contributed by atoms with Gasteiger partial charge in [-0.1, -0.05) is 12.1 Å². The maximum Gasteiger partial charge on any atom is 0.332 e. The van der Waals surface area contributed by atoms with Crippen molar-refractivity contribution in [1.29, 1.82) is 0 Å². The first-order chi connectivity index (χ1) is 15.3. The lowest BCUT2D eigenvalue weighted by Gasteiger charge is -2.28. The molecule has 1 fully saturated rings. The summed E-state index contributed by atoms with van der Waals surface area (Å²) in [6.45, 7) is 4.31. The number of ether oxygens (including phenoxy) is 1. The fraction of sp³-hybridized carbons (Fsp3) is 0.364. The third-order valence-electron chi connectivity index (χ3n) is 5.47. The summed E-state index contributed by atoms with van der Waals surface area (Å²) in [6, 6.07) is 9.26. The number of aryl methyl sites for hydroxylation is 2. The van der Waals surface area contributed by atoms with Crippen molar-refractivity contribution in [3.63, 3.8) is 0 Å². The van der Waals surface area contributed by atoms with Crippen molar-refractivity contribution in [3.05, 3.63) is 56.7 Å². The summed E-state index contributed by atoms with van der Waals surface area (Å²) in [5, 5.41) is 6.18. The van der Waals surface area contributed by atoms with Crippen LogP contribution in [0, 0.1) is 6.92 Å². The van der Waals surface area contributed by atoms with E-state index in [9.17, 15) is 14.4 Å². The highest BCUT2D eigenvalue weighted by Gasteiger charge is 2.20. The maximum absolute atomic E-state index is 12.9. The zero-order valence-electron chi connectivity index (χ0n) is 18.3. The van der Waals surface area contributed by atoms with Gasteiger partial charge in [-0.15, -0.1) is 0 Å². The van der Waals surface area contributed by atoms with Gasteiger partial charge in [0.25, 0.3) is 5.56 Å². The molecule has 0 spiro atoms. The molecule has 0 aliphatic carbocycles. The number of morpholine rings is 1. The van der Waals surface area contributed by atoms with Crippen molar-refractivity contribution in [1.82, 2.24) is 14.1 Å². The molecule has 32 heavy (non-hydrogen) atoms. The van der Waals surface area contributed by atoms with Crippen molar-refractivity contribution in [2.75, 3.05) is 48.4 Å². The molecule has 0 bridgehead atoms. The van der Waals surface area contributed by atoms with Crippen LogP contribution in [0.15, 0.2) is 39.9 Å². The van der Waals surface area contributed by atoms with Gasteiger partial charge < -0.3 is 20.3 Å². The molecule has 1 aromatic carbocycles. The van der Waals surface area contributed by atoms with Crippen molar-refractivity contribution >= 4 is 34.1 Å². The summed E-state index contributed by atoms with van der Waals surface area (Å²) in [7, 11) is 3.00. The van der Waals surface area contributed by atoms with Gasteiger partial charge in [-0.05, 0) is 24.6 Å². The largest absolute Gasteiger partial charge is 0.378 e. The molecule has 3 aromatic rings. The third-order valence-corrected chi connectivity index (χ3v) is 5.47. The summed E-state index contributed by atoms with van der Waals surface area (Å²) in [5.74, 6) is 0.362. The number of hydrogen-bond acceptors (Lipinski definition) is 7. The van der Waals surface area contributed by atoms with E-state index in [0.717, 1.165) is 10.1 Å². The number of nitrogens with one attached hydrogen (secondary N) is 2. The number of fused-ring (bicyclic) bond motifs is 1. The number of nitrogens with zero attached hydrogens (tertiary/aromatic N) is 4. The van der Waals surface area contributed by atoms with E-state index in [1.807, 2.05) is 36.1 Å². The van der Waals surface area contributed by atoms with Gasteiger partial charge in [-0.3, -0.25) is 18.7 Å². The summed E-state index contributed by atoms with van der Waals surface area (Å²) >= 11 is 0. The van der Waals surface area contributed by atoms with Crippen LogP contribution < -0.4 is 26.8 Å². The number of pyridine rings is 1. The monoisotopic (exact) mass is 438 g/mol. The molecule has 1 aliphatic rings. The van der Waals surface area contributed by atoms with E-state index in [1.165, 1.54) is 11.6 Å². The first-order valence-corrected chi connectivity index (χ1v) is 10.4. The number of amides is 1. The Labute approximate surface area is 184 Å². The highest BCUT2D eigenvalue weighted by molar-refractivity contribution is 5.96. The lowest BCUT2D eigenvalue weighted by molar-refractivity contribution is -0.114. The predicted molar refractivity (Wildman–Crippen MR) is 124 cm³/mol. The van der Waals surface area contributed by atoms with Crippen LogP contribution in [0.5, 0.6) is 0 Å². The summed E-state index contributed by atoms with van der Waals surface area (Å²) in [5.41, 5.74) is 1.53. The van der Waals surface area contributed by atoms with Crippen LogP contribution in [0.1, 0.15) is 5.56 Å². The second-order valence-electron chi connectivity index (χ2n) is 7.80. The molecule has 1 saturated heterocycles. The van der Waals surface area contributed by atoms with E-state index in [0.29, 0.717) is 43.5 Å². The van der Waals surface area contributed by atoms with Crippen LogP contribution >= 0.6 is 0 Å². The molecular formula is C22H26N6O4. The molecule has 3 heterocycles. The zero-order valence-corrected chi connectivity index (χ0v) is 18.3. The molecule has 4 rings (SSSR count). The molecule has 168 valence electrons. The second-order valence-corrected chi connectivity index (χ2v) is 7.80. The highest BCUT2D eigenvalue weighted by Crippen LogP contribution is 2.25. The standard InChI is InChI=1S/C22H26N6O4/c1-14-5-4-6-15(11-14)24-18(29)13-23-16-12-17(28-7-9-32-10-8-28)25-20-19(16)21(30)27(3)22(31)26(20)2/h4-6,11-12H,7-10,13H2,1-3H3,(H,23,25)(H,24,29). The second kappa shape index (κ2) is 8.83. The predicted octanol–water partition coefficient (Wildman–Crippen LogP) is 0.828. The normalized spacial score (nSPS) is 13.9. The van der Waals surface area contributed by atoms with Crippen LogP contribution in [0.2, 0.25) is 0 Å². The van der Waals surface area contributed by atoms with Crippen LogP contribution in [0.25, 0.3) is 11.0 Å². The maximum atomic E-state index is 12.9. The quantitative estimate of drug-likeness (QED) is 0.607. The number of carbonyl (C=O) groups is 1. The minimum absolute atomic E-state index is 0.0540. The zero-order chi connectivity index (χ0) is 22.8. The van der Waals surface area contributed by atoms with Crippen molar-refractivity contribution < 1.29 is 9.53 Å². The van der Waals surface area contributed by atoms with Gasteiger partial charge in [0.1, 0.15) is 11.2 Å². The van der Waals surface area contributed by atoms with E-state index in [4.69, 9.17) is 4.74 Å². The summed E-state index contributed by atoms with van der Waals surface area (Å²) < 4.78 is 7.80. The Kier molecular flexibility index (Phi) is 5.95. The molecule has 0 radical (unpaired) electrons. The van der Waals surface area contributed by atoms with Crippen LogP contribution in [0.3, 0.4) is 0 Å². The van der Waals surface area contributed by atoms with E-state index in [-0.39, 0.29) is 23.5 Å². The van der Waals surface area contributed by atoms with Gasteiger partial charge in [-0.25, -0.2) is 9.78 Å². The van der Waals surface area contributed by atoms with E-state index in [2.05, 4.69) is 15.6 Å². The van der Waals surface area contributed by atoms with Gasteiger partial charge in [0, 0.05) is 38.9 Å². The number of benzene rings is 1. The smallest absolute Gasteiger partial charge is 0.332 e. The van der Waals surface area contributed by atoms with Gasteiger partial charge >= 0.3 is 5.69 Å². The Balaban J connectivity index is 1.70. The minimum Gasteiger partial charge on any atom is -0.378 e. The molecule has 1 amide bonds. The Morgan fingerprint density at radius 3 is 2.59 bits per heavy atom. The van der Waals surface area contributed by atoms with Crippen molar-refractivity contribution in [2.45, 2.75) is 6.92 Å². The molecule has 0 saturated carbocycles. The molecule has 2 aromatic heterocycles. The Morgan fingerprint density at radius 2 is 1.88 bits per heavy atom. The lowest BCUT2D eigenvalue weighted by atomic mass is 10.2. The summed E-state index contributed by atoms with van der Waals surface area (Å²) in [6.07, 6.45) is 0. The fourth-order valence-corrected chi connectivity index (χ4v) is 3.74. The Morgan fingerprint density at radius 1 is 1.12 bits per heavy atom. The van der Waals surface area contributed by atoms with Gasteiger partial charge in [-0.2, -0.15) is 0 Å².